The van der Waals surface area contributed by atoms with Gasteiger partial charge >= 0.3 is 0 Å². The highest BCUT2D eigenvalue weighted by molar-refractivity contribution is 5.97. The van der Waals surface area contributed by atoms with Crippen LogP contribution in [-0.2, 0) is 11.3 Å². The summed E-state index contributed by atoms with van der Waals surface area (Å²) in [5.41, 5.74) is 1.48. The fraction of sp³-hybridized carbons (Fsp3) is 0.435. The van der Waals surface area contributed by atoms with Crippen molar-refractivity contribution in [3.8, 4) is 11.5 Å². The zero-order valence-corrected chi connectivity index (χ0v) is 17.5. The molecule has 1 aliphatic carbocycles. The largest absolute Gasteiger partial charge is 0.497 e. The van der Waals surface area contributed by atoms with Crippen LogP contribution in [0, 0.1) is 11.8 Å². The fourth-order valence-corrected chi connectivity index (χ4v) is 3.78. The van der Waals surface area contributed by atoms with Crippen LogP contribution in [0.5, 0.6) is 11.5 Å². The van der Waals surface area contributed by atoms with E-state index in [9.17, 15) is 9.59 Å². The Labute approximate surface area is 177 Å². The van der Waals surface area contributed by atoms with Crippen LogP contribution in [0.1, 0.15) is 41.6 Å². The number of benzene rings is 1. The molecule has 2 amide bonds. The molecule has 30 heavy (non-hydrogen) atoms. The van der Waals surface area contributed by atoms with Crippen LogP contribution in [0.15, 0.2) is 42.7 Å². The molecule has 0 radical (unpaired) electrons. The zero-order chi connectivity index (χ0) is 21.3. The SMILES string of the molecule is COc1ccc(C(=O)NCC2CCC(C(=O)NCc3cccnc3)CC2)c(OC)c1. The first-order chi connectivity index (χ1) is 14.6. The first-order valence-corrected chi connectivity index (χ1v) is 10.3. The standard InChI is InChI=1S/C23H29N3O4/c1-29-19-9-10-20(21(12-19)30-2)23(28)26-14-16-5-7-18(8-6-16)22(27)25-15-17-4-3-11-24-13-17/h3-4,9-13,16,18H,5-8,14-15H2,1-2H3,(H,25,27)(H,26,28). The van der Waals surface area contributed by atoms with Gasteiger partial charge in [-0.15, -0.1) is 0 Å². The summed E-state index contributed by atoms with van der Waals surface area (Å²) in [6.07, 6.45) is 7.00. The Morgan fingerprint density at radius 2 is 1.87 bits per heavy atom. The number of hydrogen-bond acceptors (Lipinski definition) is 5. The highest BCUT2D eigenvalue weighted by Crippen LogP contribution is 2.29. The maximum Gasteiger partial charge on any atom is 0.255 e. The van der Waals surface area contributed by atoms with E-state index in [0.717, 1.165) is 31.2 Å². The Balaban J connectivity index is 1.42. The van der Waals surface area contributed by atoms with Crippen LogP contribution in [0.25, 0.3) is 0 Å². The van der Waals surface area contributed by atoms with Gasteiger partial charge in [0.1, 0.15) is 11.5 Å². The lowest BCUT2D eigenvalue weighted by Crippen LogP contribution is -2.36. The first-order valence-electron chi connectivity index (χ1n) is 10.3. The number of carbonyl (C=O) groups is 2. The molecule has 0 saturated heterocycles. The average molecular weight is 412 g/mol. The maximum absolute atomic E-state index is 12.6. The molecule has 1 saturated carbocycles. The molecular weight excluding hydrogens is 382 g/mol. The van der Waals surface area contributed by atoms with Crippen molar-refractivity contribution in [2.75, 3.05) is 20.8 Å². The second-order valence-electron chi connectivity index (χ2n) is 7.57. The molecule has 2 N–H and O–H groups in total. The van der Waals surface area contributed by atoms with Gasteiger partial charge in [0, 0.05) is 37.5 Å². The molecule has 0 unspecified atom stereocenters. The number of nitrogens with zero attached hydrogens (tertiary/aromatic N) is 1. The van der Waals surface area contributed by atoms with Crippen molar-refractivity contribution in [2.24, 2.45) is 11.8 Å². The third-order valence-corrected chi connectivity index (χ3v) is 5.61. The van der Waals surface area contributed by atoms with E-state index in [2.05, 4.69) is 15.6 Å². The van der Waals surface area contributed by atoms with Gasteiger partial charge in [0.25, 0.3) is 5.91 Å². The van der Waals surface area contributed by atoms with E-state index in [4.69, 9.17) is 9.47 Å². The van der Waals surface area contributed by atoms with Gasteiger partial charge in [0.2, 0.25) is 5.91 Å². The van der Waals surface area contributed by atoms with Gasteiger partial charge in [-0.25, -0.2) is 0 Å². The molecule has 0 aliphatic heterocycles. The molecule has 160 valence electrons. The van der Waals surface area contributed by atoms with Crippen molar-refractivity contribution in [1.29, 1.82) is 0 Å². The summed E-state index contributed by atoms with van der Waals surface area (Å²) in [6.45, 7) is 1.10. The van der Waals surface area contributed by atoms with Crippen molar-refractivity contribution in [3.63, 3.8) is 0 Å². The molecule has 0 spiro atoms. The summed E-state index contributed by atoms with van der Waals surface area (Å²) in [5.74, 6) is 1.48. The summed E-state index contributed by atoms with van der Waals surface area (Å²) in [6, 6.07) is 8.96. The normalized spacial score (nSPS) is 18.3. The van der Waals surface area contributed by atoms with Gasteiger partial charge in [-0.2, -0.15) is 0 Å². The minimum Gasteiger partial charge on any atom is -0.497 e. The van der Waals surface area contributed by atoms with Gasteiger partial charge in [0.05, 0.1) is 19.8 Å². The molecule has 7 nitrogen and oxygen atoms in total. The summed E-state index contributed by atoms with van der Waals surface area (Å²) in [5, 5.41) is 6.01. The van der Waals surface area contributed by atoms with E-state index in [0.29, 0.717) is 36.1 Å². The molecule has 1 heterocycles. The van der Waals surface area contributed by atoms with Crippen LogP contribution in [-0.4, -0.2) is 37.6 Å². The lowest BCUT2D eigenvalue weighted by atomic mass is 9.81. The third kappa shape index (κ3) is 5.72. The number of amides is 2. The van der Waals surface area contributed by atoms with Crippen LogP contribution >= 0.6 is 0 Å². The third-order valence-electron chi connectivity index (χ3n) is 5.61. The Hall–Kier alpha value is -3.09. The number of pyridine rings is 1. The van der Waals surface area contributed by atoms with Crippen molar-refractivity contribution in [2.45, 2.75) is 32.2 Å². The second-order valence-corrected chi connectivity index (χ2v) is 7.57. The highest BCUT2D eigenvalue weighted by Gasteiger charge is 2.26. The van der Waals surface area contributed by atoms with E-state index in [1.54, 1.807) is 37.7 Å². The molecular formula is C23H29N3O4. The average Bonchev–Trinajstić information content (AvgIpc) is 2.81. The molecule has 0 atom stereocenters. The van der Waals surface area contributed by atoms with Gasteiger partial charge in [-0.05, 0) is 55.4 Å². The molecule has 1 aromatic heterocycles. The summed E-state index contributed by atoms with van der Waals surface area (Å²) in [4.78, 5) is 29.0. The number of carbonyl (C=O) groups excluding carboxylic acids is 2. The van der Waals surface area contributed by atoms with E-state index in [1.807, 2.05) is 12.1 Å². The number of aromatic nitrogens is 1. The molecule has 1 aromatic carbocycles. The smallest absolute Gasteiger partial charge is 0.255 e. The lowest BCUT2D eigenvalue weighted by molar-refractivity contribution is -0.126. The first kappa shape index (κ1) is 21.6. The van der Waals surface area contributed by atoms with Crippen molar-refractivity contribution < 1.29 is 19.1 Å². The van der Waals surface area contributed by atoms with Gasteiger partial charge in [-0.1, -0.05) is 6.07 Å². The number of hydrogen-bond donors (Lipinski definition) is 2. The topological polar surface area (TPSA) is 89.5 Å². The van der Waals surface area contributed by atoms with Crippen LogP contribution in [0.3, 0.4) is 0 Å². The van der Waals surface area contributed by atoms with Crippen LogP contribution in [0.2, 0.25) is 0 Å². The molecule has 0 bridgehead atoms. The van der Waals surface area contributed by atoms with Crippen molar-refractivity contribution >= 4 is 11.8 Å². The van der Waals surface area contributed by atoms with E-state index >= 15 is 0 Å². The lowest BCUT2D eigenvalue weighted by Gasteiger charge is -2.28. The molecule has 1 aliphatic rings. The van der Waals surface area contributed by atoms with Crippen LogP contribution in [0.4, 0.5) is 0 Å². The van der Waals surface area contributed by atoms with E-state index < -0.39 is 0 Å². The molecule has 2 aromatic rings. The molecule has 7 heteroatoms. The van der Waals surface area contributed by atoms with Crippen molar-refractivity contribution in [3.05, 3.63) is 53.9 Å². The van der Waals surface area contributed by atoms with Gasteiger partial charge in [0.15, 0.2) is 0 Å². The Bertz CT molecular complexity index is 849. The fourth-order valence-electron chi connectivity index (χ4n) is 3.78. The van der Waals surface area contributed by atoms with Crippen molar-refractivity contribution in [1.82, 2.24) is 15.6 Å². The Kier molecular flexibility index (Phi) is 7.65. The maximum atomic E-state index is 12.6. The molecule has 3 rings (SSSR count). The Morgan fingerprint density at radius 1 is 1.07 bits per heavy atom. The van der Waals surface area contributed by atoms with Gasteiger partial charge < -0.3 is 20.1 Å². The number of rotatable bonds is 8. The number of nitrogens with one attached hydrogen (secondary N) is 2. The highest BCUT2D eigenvalue weighted by atomic mass is 16.5. The number of ether oxygens (including phenoxy) is 2. The van der Waals surface area contributed by atoms with Crippen LogP contribution < -0.4 is 20.1 Å². The minimum absolute atomic E-state index is 0.0373. The molecule has 1 fully saturated rings. The second kappa shape index (κ2) is 10.6. The summed E-state index contributed by atoms with van der Waals surface area (Å²) in [7, 11) is 3.11. The van der Waals surface area contributed by atoms with E-state index in [1.165, 1.54) is 7.11 Å². The van der Waals surface area contributed by atoms with E-state index in [-0.39, 0.29) is 17.7 Å². The zero-order valence-electron chi connectivity index (χ0n) is 17.5. The number of methoxy groups -OCH3 is 2. The predicted octanol–water partition coefficient (Wildman–Crippen LogP) is 2.95. The van der Waals surface area contributed by atoms with Gasteiger partial charge in [-0.3, -0.25) is 14.6 Å². The predicted molar refractivity (Wildman–Crippen MR) is 113 cm³/mol. The monoisotopic (exact) mass is 411 g/mol. The quantitative estimate of drug-likeness (QED) is 0.697. The Morgan fingerprint density at radius 3 is 2.53 bits per heavy atom. The minimum atomic E-state index is -0.161. The summed E-state index contributed by atoms with van der Waals surface area (Å²) < 4.78 is 10.5. The summed E-state index contributed by atoms with van der Waals surface area (Å²) >= 11 is 0.